The molecule has 0 amide bonds. The van der Waals surface area contributed by atoms with E-state index in [-0.39, 0.29) is 17.1 Å². The second-order valence-corrected chi connectivity index (χ2v) is 7.28. The van der Waals surface area contributed by atoms with Gasteiger partial charge in [-0.2, -0.15) is 0 Å². The summed E-state index contributed by atoms with van der Waals surface area (Å²) in [6.45, 7) is 4.04. The molecule has 0 unspecified atom stereocenters. The van der Waals surface area contributed by atoms with Crippen molar-refractivity contribution in [1.82, 2.24) is 4.72 Å². The van der Waals surface area contributed by atoms with Gasteiger partial charge in [0.2, 0.25) is 10.0 Å². The number of hydrogen-bond donors (Lipinski definition) is 2. The van der Waals surface area contributed by atoms with Gasteiger partial charge in [0.15, 0.2) is 0 Å². The number of morpholine rings is 1. The topological polar surface area (TPSA) is 105 Å². The van der Waals surface area contributed by atoms with Crippen LogP contribution in [-0.4, -0.2) is 65.6 Å². The molecule has 0 bridgehead atoms. The summed E-state index contributed by atoms with van der Waals surface area (Å²) in [4.78, 5) is 13.4. The SMILES string of the molecule is COC[C@@H](C)NS(=O)(=O)c1ccc(N2CCOCC2)c(C(=O)O)c1. The van der Waals surface area contributed by atoms with Crippen LogP contribution in [-0.2, 0) is 19.5 Å². The van der Waals surface area contributed by atoms with Crippen molar-refractivity contribution in [3.8, 4) is 0 Å². The molecular formula is C15H22N2O6S. The molecule has 8 nitrogen and oxygen atoms in total. The minimum Gasteiger partial charge on any atom is -0.478 e. The third kappa shape index (κ3) is 4.44. The Bertz CT molecular complexity index is 685. The van der Waals surface area contributed by atoms with Gasteiger partial charge in [-0.3, -0.25) is 0 Å². The molecule has 0 aliphatic carbocycles. The Morgan fingerprint density at radius 3 is 2.67 bits per heavy atom. The maximum atomic E-state index is 12.4. The summed E-state index contributed by atoms with van der Waals surface area (Å²) in [5.41, 5.74) is 0.453. The monoisotopic (exact) mass is 358 g/mol. The Morgan fingerprint density at radius 1 is 1.42 bits per heavy atom. The fourth-order valence-electron chi connectivity index (χ4n) is 2.55. The van der Waals surface area contributed by atoms with Crippen LogP contribution in [0.25, 0.3) is 0 Å². The summed E-state index contributed by atoms with van der Waals surface area (Å²) in [6, 6.07) is 3.71. The van der Waals surface area contributed by atoms with Crippen molar-refractivity contribution >= 4 is 21.7 Å². The lowest BCUT2D eigenvalue weighted by molar-refractivity contribution is 0.0696. The number of aromatic carboxylic acids is 1. The van der Waals surface area contributed by atoms with Crippen LogP contribution in [0.5, 0.6) is 0 Å². The molecule has 0 radical (unpaired) electrons. The summed E-state index contributed by atoms with van der Waals surface area (Å²) in [5.74, 6) is -1.17. The number of sulfonamides is 1. The molecule has 24 heavy (non-hydrogen) atoms. The number of carboxylic acids is 1. The van der Waals surface area contributed by atoms with E-state index in [9.17, 15) is 18.3 Å². The highest BCUT2D eigenvalue weighted by atomic mass is 32.2. The number of carboxylic acid groups (broad SMARTS) is 1. The number of anilines is 1. The van der Waals surface area contributed by atoms with E-state index in [1.807, 2.05) is 4.90 Å². The van der Waals surface area contributed by atoms with Crippen molar-refractivity contribution in [2.24, 2.45) is 0 Å². The van der Waals surface area contributed by atoms with Crippen LogP contribution in [0.2, 0.25) is 0 Å². The minimum absolute atomic E-state index is 0.0424. The van der Waals surface area contributed by atoms with E-state index in [1.165, 1.54) is 25.3 Å². The fourth-order valence-corrected chi connectivity index (χ4v) is 3.80. The van der Waals surface area contributed by atoms with Crippen LogP contribution in [0, 0.1) is 0 Å². The Morgan fingerprint density at radius 2 is 2.08 bits per heavy atom. The molecule has 2 N–H and O–H groups in total. The number of hydrogen-bond acceptors (Lipinski definition) is 6. The van der Waals surface area contributed by atoms with E-state index in [0.29, 0.717) is 32.0 Å². The predicted octanol–water partition coefficient (Wildman–Crippen LogP) is 0.535. The fraction of sp³-hybridized carbons (Fsp3) is 0.533. The van der Waals surface area contributed by atoms with Crippen molar-refractivity contribution in [3.05, 3.63) is 23.8 Å². The Hall–Kier alpha value is -1.68. The highest BCUT2D eigenvalue weighted by Gasteiger charge is 2.23. The first-order chi connectivity index (χ1) is 11.3. The highest BCUT2D eigenvalue weighted by Crippen LogP contribution is 2.25. The van der Waals surface area contributed by atoms with E-state index in [4.69, 9.17) is 9.47 Å². The standard InChI is InChI=1S/C15H22N2O6S/c1-11(10-22-2)16-24(20,21)12-3-4-14(13(9-12)15(18)19)17-5-7-23-8-6-17/h3-4,9,11,16H,5-8,10H2,1-2H3,(H,18,19)/t11-/m1/s1. The number of ether oxygens (including phenoxy) is 2. The number of methoxy groups -OCH3 is 1. The number of nitrogens with one attached hydrogen (secondary N) is 1. The minimum atomic E-state index is -3.82. The Labute approximate surface area is 141 Å². The normalized spacial score (nSPS) is 16.8. The quantitative estimate of drug-likeness (QED) is 0.733. The van der Waals surface area contributed by atoms with Crippen LogP contribution in [0.4, 0.5) is 5.69 Å². The molecule has 1 saturated heterocycles. The predicted molar refractivity (Wildman–Crippen MR) is 88.1 cm³/mol. The van der Waals surface area contributed by atoms with Gasteiger partial charge in [-0.1, -0.05) is 0 Å². The van der Waals surface area contributed by atoms with Crippen molar-refractivity contribution < 1.29 is 27.8 Å². The molecular weight excluding hydrogens is 336 g/mol. The zero-order valence-corrected chi connectivity index (χ0v) is 14.5. The van der Waals surface area contributed by atoms with Crippen molar-refractivity contribution in [2.45, 2.75) is 17.9 Å². The Balaban J connectivity index is 2.32. The number of nitrogens with zero attached hydrogens (tertiary/aromatic N) is 1. The average molecular weight is 358 g/mol. The molecule has 1 aliphatic heterocycles. The van der Waals surface area contributed by atoms with Crippen molar-refractivity contribution in [2.75, 3.05) is 44.9 Å². The molecule has 134 valence electrons. The molecule has 0 aromatic heterocycles. The average Bonchev–Trinajstić information content (AvgIpc) is 2.54. The summed E-state index contributed by atoms with van der Waals surface area (Å²) >= 11 is 0. The van der Waals surface area contributed by atoms with E-state index >= 15 is 0 Å². The first-order valence-corrected chi connectivity index (χ1v) is 9.05. The largest absolute Gasteiger partial charge is 0.478 e. The summed E-state index contributed by atoms with van der Waals surface area (Å²) < 4.78 is 37.4. The smallest absolute Gasteiger partial charge is 0.337 e. The zero-order chi connectivity index (χ0) is 17.7. The molecule has 1 aromatic rings. The first kappa shape index (κ1) is 18.7. The van der Waals surface area contributed by atoms with E-state index in [0.717, 1.165) is 0 Å². The lowest BCUT2D eigenvalue weighted by Crippen LogP contribution is -2.37. The van der Waals surface area contributed by atoms with Crippen LogP contribution in [0.1, 0.15) is 17.3 Å². The van der Waals surface area contributed by atoms with Gasteiger partial charge in [0.25, 0.3) is 0 Å². The maximum absolute atomic E-state index is 12.4. The Kier molecular flexibility index (Phi) is 6.16. The molecule has 1 aliphatic rings. The highest BCUT2D eigenvalue weighted by molar-refractivity contribution is 7.89. The second-order valence-electron chi connectivity index (χ2n) is 5.56. The molecule has 1 aromatic carbocycles. The molecule has 2 rings (SSSR count). The van der Waals surface area contributed by atoms with E-state index in [1.54, 1.807) is 6.92 Å². The number of benzene rings is 1. The van der Waals surface area contributed by atoms with Gasteiger partial charge < -0.3 is 19.5 Å². The third-order valence-corrected chi connectivity index (χ3v) is 5.22. The second kappa shape index (κ2) is 7.93. The van der Waals surface area contributed by atoms with Gasteiger partial charge in [0.05, 0.1) is 36.0 Å². The summed E-state index contributed by atoms with van der Waals surface area (Å²) in [6.07, 6.45) is 0. The first-order valence-electron chi connectivity index (χ1n) is 7.56. The summed E-state index contributed by atoms with van der Waals surface area (Å²) in [5, 5.41) is 9.46. The van der Waals surface area contributed by atoms with Crippen LogP contribution >= 0.6 is 0 Å². The lowest BCUT2D eigenvalue weighted by Gasteiger charge is -2.30. The van der Waals surface area contributed by atoms with Crippen molar-refractivity contribution in [3.63, 3.8) is 0 Å². The zero-order valence-electron chi connectivity index (χ0n) is 13.7. The van der Waals surface area contributed by atoms with Gasteiger partial charge in [-0.05, 0) is 25.1 Å². The van der Waals surface area contributed by atoms with Gasteiger partial charge in [0, 0.05) is 26.2 Å². The molecule has 1 heterocycles. The molecule has 1 atom stereocenters. The maximum Gasteiger partial charge on any atom is 0.337 e. The molecule has 9 heteroatoms. The van der Waals surface area contributed by atoms with Crippen LogP contribution in [0.15, 0.2) is 23.1 Å². The van der Waals surface area contributed by atoms with Gasteiger partial charge in [-0.25, -0.2) is 17.9 Å². The number of rotatable bonds is 7. The van der Waals surface area contributed by atoms with Crippen LogP contribution in [0.3, 0.4) is 0 Å². The molecule has 0 saturated carbocycles. The number of carbonyl (C=O) groups is 1. The van der Waals surface area contributed by atoms with Gasteiger partial charge in [0.1, 0.15) is 0 Å². The molecule has 1 fully saturated rings. The van der Waals surface area contributed by atoms with E-state index < -0.39 is 22.0 Å². The van der Waals surface area contributed by atoms with Gasteiger partial charge in [-0.15, -0.1) is 0 Å². The third-order valence-electron chi connectivity index (χ3n) is 3.63. The summed E-state index contributed by atoms with van der Waals surface area (Å²) in [7, 11) is -2.35. The van der Waals surface area contributed by atoms with Crippen molar-refractivity contribution in [1.29, 1.82) is 0 Å². The lowest BCUT2D eigenvalue weighted by atomic mass is 10.1. The van der Waals surface area contributed by atoms with E-state index in [2.05, 4.69) is 4.72 Å². The van der Waals surface area contributed by atoms with Crippen LogP contribution < -0.4 is 9.62 Å². The molecule has 0 spiro atoms. The van der Waals surface area contributed by atoms with Gasteiger partial charge >= 0.3 is 5.97 Å².